The van der Waals surface area contributed by atoms with Gasteiger partial charge in [0.15, 0.2) is 5.78 Å². The first-order chi connectivity index (χ1) is 8.70. The highest BCUT2D eigenvalue weighted by Gasteiger charge is 2.17. The molecule has 18 heavy (non-hydrogen) atoms. The SMILES string of the molecule is CSc1ccc(Cl)cc1C(=O)CN1CCNCC1. The molecule has 3 nitrogen and oxygen atoms in total. The van der Waals surface area contributed by atoms with Crippen molar-refractivity contribution in [3.8, 4) is 0 Å². The first kappa shape index (κ1) is 13.9. The molecule has 0 aromatic heterocycles. The Labute approximate surface area is 117 Å². The summed E-state index contributed by atoms with van der Waals surface area (Å²) in [6, 6.07) is 5.52. The number of nitrogens with one attached hydrogen (secondary N) is 1. The van der Waals surface area contributed by atoms with Crippen molar-refractivity contribution in [2.75, 3.05) is 39.0 Å². The van der Waals surface area contributed by atoms with Crippen LogP contribution in [0.5, 0.6) is 0 Å². The van der Waals surface area contributed by atoms with Crippen LogP contribution in [0.4, 0.5) is 0 Å². The van der Waals surface area contributed by atoms with Crippen molar-refractivity contribution in [3.05, 3.63) is 28.8 Å². The lowest BCUT2D eigenvalue weighted by Crippen LogP contribution is -2.45. The summed E-state index contributed by atoms with van der Waals surface area (Å²) in [5.41, 5.74) is 0.744. The molecule has 1 fully saturated rings. The van der Waals surface area contributed by atoms with Gasteiger partial charge >= 0.3 is 0 Å². The number of thioether (sulfide) groups is 1. The van der Waals surface area contributed by atoms with E-state index in [4.69, 9.17) is 11.6 Å². The lowest BCUT2D eigenvalue weighted by Gasteiger charge is -2.26. The minimum atomic E-state index is 0.156. The number of hydrogen-bond donors (Lipinski definition) is 1. The third-order valence-corrected chi connectivity index (χ3v) is 4.07. The van der Waals surface area contributed by atoms with E-state index in [1.807, 2.05) is 18.4 Å². The highest BCUT2D eigenvalue weighted by molar-refractivity contribution is 7.98. The number of rotatable bonds is 4. The molecule has 0 spiro atoms. The van der Waals surface area contributed by atoms with Crippen LogP contribution >= 0.6 is 23.4 Å². The number of carbonyl (C=O) groups is 1. The Bertz CT molecular complexity index is 433. The number of piperazine rings is 1. The van der Waals surface area contributed by atoms with Crippen LogP contribution in [0.1, 0.15) is 10.4 Å². The first-order valence-corrected chi connectivity index (χ1v) is 7.61. The molecule has 1 saturated heterocycles. The number of hydrogen-bond acceptors (Lipinski definition) is 4. The molecule has 0 unspecified atom stereocenters. The van der Waals surface area contributed by atoms with Crippen LogP contribution < -0.4 is 5.32 Å². The third-order valence-electron chi connectivity index (χ3n) is 3.04. The lowest BCUT2D eigenvalue weighted by atomic mass is 10.1. The van der Waals surface area contributed by atoms with Crippen molar-refractivity contribution in [2.24, 2.45) is 0 Å². The van der Waals surface area contributed by atoms with E-state index in [9.17, 15) is 4.79 Å². The average molecular weight is 285 g/mol. The van der Waals surface area contributed by atoms with E-state index in [0.717, 1.165) is 36.6 Å². The minimum absolute atomic E-state index is 0.156. The van der Waals surface area contributed by atoms with E-state index in [-0.39, 0.29) is 5.78 Å². The van der Waals surface area contributed by atoms with Gasteiger partial charge in [-0.3, -0.25) is 9.69 Å². The quantitative estimate of drug-likeness (QED) is 0.678. The van der Waals surface area contributed by atoms with Crippen LogP contribution in [-0.4, -0.2) is 49.7 Å². The molecule has 1 aromatic carbocycles. The van der Waals surface area contributed by atoms with Gasteiger partial charge in [-0.05, 0) is 24.5 Å². The topological polar surface area (TPSA) is 32.3 Å². The van der Waals surface area contributed by atoms with Gasteiger partial charge in [0.2, 0.25) is 0 Å². The zero-order chi connectivity index (χ0) is 13.0. The molecule has 0 amide bonds. The van der Waals surface area contributed by atoms with Crippen molar-refractivity contribution >= 4 is 29.1 Å². The van der Waals surface area contributed by atoms with Crippen LogP contribution in [-0.2, 0) is 0 Å². The highest BCUT2D eigenvalue weighted by atomic mass is 35.5. The van der Waals surface area contributed by atoms with E-state index < -0.39 is 0 Å². The Hall–Kier alpha value is -0.550. The fourth-order valence-electron chi connectivity index (χ4n) is 2.06. The molecular formula is C13H17ClN2OS. The van der Waals surface area contributed by atoms with Crippen molar-refractivity contribution in [1.29, 1.82) is 0 Å². The summed E-state index contributed by atoms with van der Waals surface area (Å²) in [6.45, 7) is 4.26. The monoisotopic (exact) mass is 284 g/mol. The van der Waals surface area contributed by atoms with E-state index in [2.05, 4.69) is 10.2 Å². The molecule has 0 radical (unpaired) electrons. The molecule has 1 N–H and O–H groups in total. The second kappa shape index (κ2) is 6.57. The Morgan fingerprint density at radius 1 is 1.44 bits per heavy atom. The lowest BCUT2D eigenvalue weighted by molar-refractivity contribution is 0.0918. The molecule has 1 aliphatic heterocycles. The summed E-state index contributed by atoms with van der Waals surface area (Å²) in [5.74, 6) is 0.156. The van der Waals surface area contributed by atoms with Gasteiger partial charge in [0.25, 0.3) is 0 Å². The molecule has 1 aromatic rings. The summed E-state index contributed by atoms with van der Waals surface area (Å²) < 4.78 is 0. The second-order valence-electron chi connectivity index (χ2n) is 4.29. The number of halogens is 1. The highest BCUT2D eigenvalue weighted by Crippen LogP contribution is 2.24. The van der Waals surface area contributed by atoms with Gasteiger partial charge in [-0.25, -0.2) is 0 Å². The van der Waals surface area contributed by atoms with Gasteiger partial charge in [-0.15, -0.1) is 11.8 Å². The fourth-order valence-corrected chi connectivity index (χ4v) is 2.82. The maximum absolute atomic E-state index is 12.3. The van der Waals surface area contributed by atoms with Crippen LogP contribution in [0.2, 0.25) is 5.02 Å². The van der Waals surface area contributed by atoms with Crippen molar-refractivity contribution in [1.82, 2.24) is 10.2 Å². The van der Waals surface area contributed by atoms with Crippen molar-refractivity contribution in [2.45, 2.75) is 4.90 Å². The van der Waals surface area contributed by atoms with Gasteiger partial charge in [-0.2, -0.15) is 0 Å². The number of ketones is 1. The standard InChI is InChI=1S/C13H17ClN2OS/c1-18-13-3-2-10(14)8-11(13)12(17)9-16-6-4-15-5-7-16/h2-3,8,15H,4-7,9H2,1H3. The fraction of sp³-hybridized carbons (Fsp3) is 0.462. The van der Waals surface area contributed by atoms with Gasteiger partial charge in [-0.1, -0.05) is 11.6 Å². The molecular weight excluding hydrogens is 268 g/mol. The maximum atomic E-state index is 12.3. The summed E-state index contributed by atoms with van der Waals surface area (Å²) in [7, 11) is 0. The Balaban J connectivity index is 2.09. The molecule has 1 aliphatic rings. The number of benzene rings is 1. The molecule has 5 heteroatoms. The molecule has 98 valence electrons. The van der Waals surface area contributed by atoms with E-state index in [0.29, 0.717) is 11.6 Å². The smallest absolute Gasteiger partial charge is 0.177 e. The van der Waals surface area contributed by atoms with Crippen molar-refractivity contribution < 1.29 is 4.79 Å². The molecule has 1 heterocycles. The molecule has 0 saturated carbocycles. The normalized spacial score (nSPS) is 16.8. The number of Topliss-reactive ketones (excluding diaryl/α,β-unsaturated/α-hetero) is 1. The maximum Gasteiger partial charge on any atom is 0.177 e. The number of nitrogens with zero attached hydrogens (tertiary/aromatic N) is 1. The summed E-state index contributed by atoms with van der Waals surface area (Å²) in [4.78, 5) is 15.5. The second-order valence-corrected chi connectivity index (χ2v) is 5.58. The van der Waals surface area contributed by atoms with Crippen LogP contribution in [0.25, 0.3) is 0 Å². The van der Waals surface area contributed by atoms with E-state index >= 15 is 0 Å². The van der Waals surface area contributed by atoms with Crippen LogP contribution in [0.3, 0.4) is 0 Å². The Kier molecular flexibility index (Phi) is 5.06. The largest absolute Gasteiger partial charge is 0.314 e. The predicted molar refractivity (Wildman–Crippen MR) is 76.9 cm³/mol. The van der Waals surface area contributed by atoms with E-state index in [1.165, 1.54) is 0 Å². The molecule has 2 rings (SSSR count). The Morgan fingerprint density at radius 3 is 2.83 bits per heavy atom. The van der Waals surface area contributed by atoms with Gasteiger partial charge < -0.3 is 5.32 Å². The summed E-state index contributed by atoms with van der Waals surface area (Å²) in [5, 5.41) is 3.90. The number of carbonyl (C=O) groups excluding carboxylic acids is 1. The summed E-state index contributed by atoms with van der Waals surface area (Å²) >= 11 is 7.56. The Morgan fingerprint density at radius 2 is 2.17 bits per heavy atom. The van der Waals surface area contributed by atoms with Gasteiger partial charge in [0.05, 0.1) is 6.54 Å². The van der Waals surface area contributed by atoms with Gasteiger partial charge in [0, 0.05) is 41.7 Å². The zero-order valence-corrected chi connectivity index (χ0v) is 12.0. The van der Waals surface area contributed by atoms with Gasteiger partial charge in [0.1, 0.15) is 0 Å². The first-order valence-electron chi connectivity index (χ1n) is 6.00. The summed E-state index contributed by atoms with van der Waals surface area (Å²) in [6.07, 6.45) is 1.98. The van der Waals surface area contributed by atoms with Crippen LogP contribution in [0, 0.1) is 0 Å². The van der Waals surface area contributed by atoms with Crippen molar-refractivity contribution in [3.63, 3.8) is 0 Å². The molecule has 0 aliphatic carbocycles. The molecule has 0 atom stereocenters. The third kappa shape index (κ3) is 3.48. The predicted octanol–water partition coefficient (Wildman–Crippen LogP) is 2.15. The zero-order valence-electron chi connectivity index (χ0n) is 10.4. The molecule has 0 bridgehead atoms. The average Bonchev–Trinajstić information content (AvgIpc) is 2.40. The van der Waals surface area contributed by atoms with Crippen LogP contribution in [0.15, 0.2) is 23.1 Å². The van der Waals surface area contributed by atoms with E-state index in [1.54, 1.807) is 17.8 Å². The minimum Gasteiger partial charge on any atom is -0.314 e.